The van der Waals surface area contributed by atoms with Crippen LogP contribution in [0, 0.1) is 0 Å². The first-order valence-corrected chi connectivity index (χ1v) is 11.3. The molecule has 1 aliphatic heterocycles. The van der Waals surface area contributed by atoms with Crippen LogP contribution in [0.15, 0.2) is 64.5 Å². The predicted molar refractivity (Wildman–Crippen MR) is 131 cm³/mol. The lowest BCUT2D eigenvalue weighted by Gasteiger charge is -2.25. The highest BCUT2D eigenvalue weighted by Crippen LogP contribution is 2.19. The molecule has 3 rings (SSSR count). The Morgan fingerprint density at radius 2 is 1.80 bits per heavy atom. The van der Waals surface area contributed by atoms with Gasteiger partial charge in [0.05, 0.1) is 4.90 Å². The van der Waals surface area contributed by atoms with Gasteiger partial charge in [0.1, 0.15) is 0 Å². The first-order valence-electron chi connectivity index (χ1n) is 9.80. The zero-order chi connectivity index (χ0) is 20.7. The van der Waals surface area contributed by atoms with E-state index in [1.807, 2.05) is 6.07 Å². The fourth-order valence-corrected chi connectivity index (χ4v) is 4.09. The van der Waals surface area contributed by atoms with Crippen LogP contribution in [0.2, 0.25) is 0 Å². The molecule has 0 bridgehead atoms. The first-order chi connectivity index (χ1) is 14.0. The maximum atomic E-state index is 11.3. The summed E-state index contributed by atoms with van der Waals surface area (Å²) in [5.74, 6) is 0.729. The van der Waals surface area contributed by atoms with Gasteiger partial charge in [-0.05, 0) is 42.6 Å². The van der Waals surface area contributed by atoms with Crippen LogP contribution in [0.4, 0.5) is 0 Å². The summed E-state index contributed by atoms with van der Waals surface area (Å²) in [5, 5.41) is 11.8. The molecule has 1 atom stereocenters. The minimum absolute atomic E-state index is 0. The van der Waals surface area contributed by atoms with Crippen molar-refractivity contribution in [3.63, 3.8) is 0 Å². The van der Waals surface area contributed by atoms with Gasteiger partial charge in [0.2, 0.25) is 10.0 Å². The number of rotatable bonds is 7. The number of primary sulfonamides is 1. The Hall–Kier alpha value is -1.69. The summed E-state index contributed by atoms with van der Waals surface area (Å²) < 4.78 is 22.7. The van der Waals surface area contributed by atoms with Gasteiger partial charge in [0.25, 0.3) is 0 Å². The van der Waals surface area contributed by atoms with Gasteiger partial charge in [-0.2, -0.15) is 0 Å². The van der Waals surface area contributed by atoms with E-state index in [9.17, 15) is 8.42 Å². The van der Waals surface area contributed by atoms with E-state index in [0.29, 0.717) is 12.6 Å². The van der Waals surface area contributed by atoms with Gasteiger partial charge in [-0.15, -0.1) is 24.0 Å². The molecular formula is C21H30IN5O2S. The van der Waals surface area contributed by atoms with Crippen LogP contribution in [0.5, 0.6) is 0 Å². The number of likely N-dealkylation sites (tertiary alicyclic amines) is 1. The molecule has 1 aliphatic rings. The average Bonchev–Trinajstić information content (AvgIpc) is 3.15. The molecule has 1 heterocycles. The lowest BCUT2D eigenvalue weighted by Crippen LogP contribution is -2.44. The second-order valence-electron chi connectivity index (χ2n) is 7.25. The maximum Gasteiger partial charge on any atom is 0.238 e. The maximum absolute atomic E-state index is 11.3. The van der Waals surface area contributed by atoms with Crippen LogP contribution in [0.25, 0.3) is 0 Å². The quantitative estimate of drug-likeness (QED) is 0.283. The van der Waals surface area contributed by atoms with Crippen LogP contribution in [-0.2, 0) is 23.1 Å². The highest BCUT2D eigenvalue weighted by molar-refractivity contribution is 14.0. The molecule has 0 aliphatic carbocycles. The lowest BCUT2D eigenvalue weighted by molar-refractivity contribution is 0.245. The van der Waals surface area contributed by atoms with Crippen molar-refractivity contribution in [1.82, 2.24) is 15.5 Å². The molecular weight excluding hydrogens is 513 g/mol. The molecule has 0 amide bonds. The number of aliphatic imine (C=N–C) groups is 1. The van der Waals surface area contributed by atoms with Crippen molar-refractivity contribution in [3.8, 4) is 0 Å². The Morgan fingerprint density at radius 3 is 2.43 bits per heavy atom. The third kappa shape index (κ3) is 7.22. The summed E-state index contributed by atoms with van der Waals surface area (Å²) in [5.41, 5.74) is 2.29. The molecule has 4 N–H and O–H groups in total. The Morgan fingerprint density at radius 1 is 1.10 bits per heavy atom. The predicted octanol–water partition coefficient (Wildman–Crippen LogP) is 2.28. The largest absolute Gasteiger partial charge is 0.355 e. The molecule has 0 radical (unpaired) electrons. The van der Waals surface area contributed by atoms with Crippen LogP contribution >= 0.6 is 24.0 Å². The molecule has 2 aromatic rings. The summed E-state index contributed by atoms with van der Waals surface area (Å²) >= 11 is 0. The Kier molecular flexibility index (Phi) is 9.53. The number of hydrogen-bond acceptors (Lipinski definition) is 4. The molecule has 2 aromatic carbocycles. The van der Waals surface area contributed by atoms with Gasteiger partial charge in [-0.25, -0.2) is 13.6 Å². The van der Waals surface area contributed by atoms with E-state index >= 15 is 0 Å². The van der Waals surface area contributed by atoms with E-state index in [1.54, 1.807) is 19.2 Å². The number of halogens is 1. The minimum Gasteiger partial charge on any atom is -0.355 e. The molecule has 0 saturated carbocycles. The topological polar surface area (TPSA) is 99.8 Å². The highest BCUT2D eigenvalue weighted by Gasteiger charge is 2.24. The van der Waals surface area contributed by atoms with Gasteiger partial charge in [0, 0.05) is 32.7 Å². The van der Waals surface area contributed by atoms with E-state index in [1.165, 1.54) is 30.5 Å². The number of guanidine groups is 1. The summed E-state index contributed by atoms with van der Waals surface area (Å²) in [6.07, 6.45) is 2.38. The summed E-state index contributed by atoms with van der Waals surface area (Å²) in [6.45, 7) is 3.46. The van der Waals surface area contributed by atoms with Gasteiger partial charge >= 0.3 is 0 Å². The second kappa shape index (κ2) is 11.6. The normalized spacial score (nSPS) is 17.4. The molecule has 1 unspecified atom stereocenters. The number of nitrogens with one attached hydrogen (secondary N) is 2. The van der Waals surface area contributed by atoms with Crippen LogP contribution < -0.4 is 15.8 Å². The third-order valence-corrected chi connectivity index (χ3v) is 6.10. The highest BCUT2D eigenvalue weighted by atomic mass is 127. The summed E-state index contributed by atoms with van der Waals surface area (Å²) in [6, 6.07) is 17.6. The first kappa shape index (κ1) is 24.6. The van der Waals surface area contributed by atoms with Gasteiger partial charge in [0.15, 0.2) is 5.96 Å². The zero-order valence-corrected chi connectivity index (χ0v) is 20.3. The Balaban J connectivity index is 0.00000320. The van der Waals surface area contributed by atoms with Crippen molar-refractivity contribution >= 4 is 40.0 Å². The van der Waals surface area contributed by atoms with Crippen molar-refractivity contribution in [2.24, 2.45) is 10.1 Å². The number of benzene rings is 2. The Labute approximate surface area is 196 Å². The number of sulfonamides is 1. The number of nitrogens with zero attached hydrogens (tertiary/aromatic N) is 2. The SMILES string of the molecule is CN=C(NCc1ccc(S(N)(=O)=O)cc1)NCC1CCCN1Cc1ccccc1.I. The summed E-state index contributed by atoms with van der Waals surface area (Å²) in [7, 11) is -1.92. The molecule has 30 heavy (non-hydrogen) atoms. The van der Waals surface area contributed by atoms with Gasteiger partial charge in [-0.1, -0.05) is 42.5 Å². The zero-order valence-electron chi connectivity index (χ0n) is 17.1. The van der Waals surface area contributed by atoms with E-state index < -0.39 is 10.0 Å². The monoisotopic (exact) mass is 543 g/mol. The lowest BCUT2D eigenvalue weighted by atomic mass is 10.2. The summed E-state index contributed by atoms with van der Waals surface area (Å²) in [4.78, 5) is 6.92. The van der Waals surface area contributed by atoms with Crippen molar-refractivity contribution in [1.29, 1.82) is 0 Å². The molecule has 0 spiro atoms. The number of nitrogens with two attached hydrogens (primary N) is 1. The van der Waals surface area contributed by atoms with E-state index in [2.05, 4.69) is 44.8 Å². The standard InChI is InChI=1S/C21H29N5O2S.HI/c1-23-21(24-14-17-9-11-20(12-10-17)29(22,27)28)25-15-19-8-5-13-26(19)16-18-6-3-2-4-7-18;/h2-4,6-7,9-12,19H,5,8,13-16H2,1H3,(H2,22,27,28)(H2,23,24,25);1H. The molecule has 0 aromatic heterocycles. The van der Waals surface area contributed by atoms with E-state index in [-0.39, 0.29) is 28.9 Å². The fraction of sp³-hybridized carbons (Fsp3) is 0.381. The number of hydrogen-bond donors (Lipinski definition) is 3. The Bertz CT molecular complexity index is 920. The minimum atomic E-state index is -3.66. The van der Waals surface area contributed by atoms with Crippen molar-refractivity contribution in [2.45, 2.75) is 36.9 Å². The van der Waals surface area contributed by atoms with Crippen molar-refractivity contribution < 1.29 is 8.42 Å². The van der Waals surface area contributed by atoms with Crippen molar-refractivity contribution in [2.75, 3.05) is 20.1 Å². The second-order valence-corrected chi connectivity index (χ2v) is 8.81. The van der Waals surface area contributed by atoms with E-state index in [0.717, 1.165) is 31.2 Å². The molecule has 1 saturated heterocycles. The van der Waals surface area contributed by atoms with Crippen LogP contribution in [-0.4, -0.2) is 45.5 Å². The third-order valence-electron chi connectivity index (χ3n) is 5.17. The van der Waals surface area contributed by atoms with Crippen LogP contribution in [0.3, 0.4) is 0 Å². The molecule has 1 fully saturated rings. The van der Waals surface area contributed by atoms with Gasteiger partial charge < -0.3 is 10.6 Å². The van der Waals surface area contributed by atoms with E-state index in [4.69, 9.17) is 5.14 Å². The van der Waals surface area contributed by atoms with Crippen LogP contribution in [0.1, 0.15) is 24.0 Å². The molecule has 164 valence electrons. The van der Waals surface area contributed by atoms with Crippen molar-refractivity contribution in [3.05, 3.63) is 65.7 Å². The smallest absolute Gasteiger partial charge is 0.238 e. The molecule has 9 heteroatoms. The average molecular weight is 543 g/mol. The van der Waals surface area contributed by atoms with Gasteiger partial charge in [-0.3, -0.25) is 9.89 Å². The molecule has 7 nitrogen and oxygen atoms in total. The fourth-order valence-electron chi connectivity index (χ4n) is 3.57.